The Morgan fingerprint density at radius 3 is 1.20 bits per heavy atom. The maximum atomic E-state index is 10.1. The molecular formula is C8H18N2Na2O7P+. The number of carbonyl (C=O) groups excluding carboxylic acids is 2. The van der Waals surface area contributed by atoms with Crippen LogP contribution in [0, 0.1) is 0 Å². The van der Waals surface area contributed by atoms with Gasteiger partial charge in [-0.3, -0.25) is 9.59 Å². The van der Waals surface area contributed by atoms with E-state index in [0.717, 1.165) is 0 Å². The average molecular weight is 331 g/mol. The van der Waals surface area contributed by atoms with Crippen LogP contribution in [0.3, 0.4) is 0 Å². The summed E-state index contributed by atoms with van der Waals surface area (Å²) in [7, 11) is -3.37. The Hall–Kier alpha value is 0.880. The molecule has 0 aromatic rings. The first-order chi connectivity index (χ1) is 8.35. The second-order valence-electron chi connectivity index (χ2n) is 2.24. The molecule has 0 bridgehead atoms. The van der Waals surface area contributed by atoms with Crippen LogP contribution in [0.1, 0.15) is 13.8 Å². The van der Waals surface area contributed by atoms with E-state index in [4.69, 9.17) is 25.8 Å². The van der Waals surface area contributed by atoms with Gasteiger partial charge >= 0.3 is 71.1 Å². The van der Waals surface area contributed by atoms with E-state index in [1.807, 2.05) is 0 Å². The molecule has 20 heavy (non-hydrogen) atoms. The normalized spacial score (nSPS) is 7.10. The third kappa shape index (κ3) is 51.0. The first-order valence-corrected chi connectivity index (χ1v) is 5.97. The molecule has 0 unspecified atom stereocenters. The second kappa shape index (κ2) is 28.1. The third-order valence-corrected chi connectivity index (χ3v) is 0.944. The maximum Gasteiger partial charge on any atom is 1.00 e. The fraction of sp³-hybridized carbons (Fsp3) is 0.750. The molecule has 0 aliphatic rings. The number of hydrogen-bond acceptors (Lipinski definition) is 9. The van der Waals surface area contributed by atoms with Crippen molar-refractivity contribution in [1.82, 2.24) is 0 Å². The van der Waals surface area contributed by atoms with Crippen LogP contribution < -0.4 is 80.4 Å². The second-order valence-corrected chi connectivity index (χ2v) is 2.69. The summed E-state index contributed by atoms with van der Waals surface area (Å²) in [4.78, 5) is 37.1. The van der Waals surface area contributed by atoms with Gasteiger partial charge in [0.25, 0.3) is 8.25 Å². The summed E-state index contributed by atoms with van der Waals surface area (Å²) in [5.74, 6) is -0.690. The number of ether oxygens (including phenoxy) is 2. The van der Waals surface area contributed by atoms with Crippen LogP contribution in [0.15, 0.2) is 0 Å². The van der Waals surface area contributed by atoms with Gasteiger partial charge in [-0.05, 0) is 13.8 Å². The summed E-state index contributed by atoms with van der Waals surface area (Å²) >= 11 is 0. The molecule has 12 heteroatoms. The van der Waals surface area contributed by atoms with Crippen molar-refractivity contribution in [2.75, 3.05) is 26.3 Å². The minimum Gasteiger partial charge on any atom is -0.598 e. The number of nitrogens with two attached hydrogens (primary N) is 2. The molecular weight excluding hydrogens is 313 g/mol. The standard InChI is InChI=1S/2C4H9NO2.2Na.HO3P/c2*1-2-7-4(6)3-5;;;1-4(2)3/h2*2-3,5H2,1H3;;;(H,1,2,3)/q;;2*+1;/p-1. The Morgan fingerprint density at radius 2 is 1.15 bits per heavy atom. The van der Waals surface area contributed by atoms with Gasteiger partial charge in [-0.15, -0.1) is 0 Å². The average Bonchev–Trinajstić information content (AvgIpc) is 2.29. The molecule has 0 heterocycles. The Morgan fingerprint density at radius 1 is 0.950 bits per heavy atom. The topological polar surface area (TPSA) is 168 Å². The van der Waals surface area contributed by atoms with Crippen molar-refractivity contribution in [3.05, 3.63) is 0 Å². The molecule has 108 valence electrons. The fourth-order valence-corrected chi connectivity index (χ4v) is 0.440. The van der Waals surface area contributed by atoms with Crippen LogP contribution in [0.25, 0.3) is 0 Å². The Bertz CT molecular complexity index is 225. The van der Waals surface area contributed by atoms with E-state index in [9.17, 15) is 9.59 Å². The summed E-state index contributed by atoms with van der Waals surface area (Å²) in [5.41, 5.74) is 9.77. The molecule has 0 aliphatic carbocycles. The Balaban J connectivity index is -0.0000000555. The monoisotopic (exact) mass is 331 g/mol. The van der Waals surface area contributed by atoms with E-state index < -0.39 is 8.25 Å². The van der Waals surface area contributed by atoms with Crippen molar-refractivity contribution in [3.8, 4) is 0 Å². The molecule has 0 spiro atoms. The largest absolute Gasteiger partial charge is 1.00 e. The summed E-state index contributed by atoms with van der Waals surface area (Å²) in [6.07, 6.45) is 0. The molecule has 4 N–H and O–H groups in total. The summed E-state index contributed by atoms with van der Waals surface area (Å²) in [6.45, 7) is 4.27. The molecule has 0 radical (unpaired) electrons. The Kier molecular flexibility index (Phi) is 46.0. The zero-order valence-corrected chi connectivity index (χ0v) is 17.2. The molecule has 0 atom stereocenters. The molecule has 9 nitrogen and oxygen atoms in total. The van der Waals surface area contributed by atoms with Crippen LogP contribution in [0.5, 0.6) is 0 Å². The van der Waals surface area contributed by atoms with Gasteiger partial charge in [-0.1, -0.05) is 4.57 Å². The van der Waals surface area contributed by atoms with Crippen LogP contribution in [-0.4, -0.2) is 38.2 Å². The van der Waals surface area contributed by atoms with Gasteiger partial charge in [0, 0.05) is 0 Å². The van der Waals surface area contributed by atoms with Crippen molar-refractivity contribution in [1.29, 1.82) is 0 Å². The minimum atomic E-state index is -3.37. The van der Waals surface area contributed by atoms with Gasteiger partial charge in [-0.2, -0.15) is 0 Å². The Labute approximate surface area is 163 Å². The number of carbonyl (C=O) groups is 2. The fourth-order valence-electron chi connectivity index (χ4n) is 0.440. The first-order valence-electron chi connectivity index (χ1n) is 4.88. The SMILES string of the molecule is CCOC(=O)CN.CCOC(=O)CN.O=[P+]([O-])[O-].[Na+].[Na+]. The van der Waals surface area contributed by atoms with Crippen LogP contribution in [0.2, 0.25) is 0 Å². The summed E-state index contributed by atoms with van der Waals surface area (Å²) in [6, 6.07) is 0. The molecule has 0 aromatic heterocycles. The molecule has 0 saturated carbocycles. The quantitative estimate of drug-likeness (QED) is 0.288. The van der Waals surface area contributed by atoms with E-state index >= 15 is 0 Å². The van der Waals surface area contributed by atoms with Crippen molar-refractivity contribution in [2.24, 2.45) is 11.5 Å². The number of rotatable bonds is 4. The van der Waals surface area contributed by atoms with Gasteiger partial charge in [0.15, 0.2) is 0 Å². The predicted octanol–water partition coefficient (Wildman–Crippen LogP) is -8.61. The van der Waals surface area contributed by atoms with Crippen molar-refractivity contribution >= 4 is 20.2 Å². The summed E-state index contributed by atoms with van der Waals surface area (Å²) < 4.78 is 17.3. The zero-order chi connectivity index (χ0) is 15.0. The van der Waals surface area contributed by atoms with E-state index in [-0.39, 0.29) is 84.1 Å². The van der Waals surface area contributed by atoms with Crippen molar-refractivity contribution in [2.45, 2.75) is 13.8 Å². The smallest absolute Gasteiger partial charge is 0.598 e. The van der Waals surface area contributed by atoms with E-state index in [1.54, 1.807) is 13.8 Å². The maximum absolute atomic E-state index is 10.1. The molecule has 0 saturated heterocycles. The van der Waals surface area contributed by atoms with E-state index in [2.05, 4.69) is 9.47 Å². The number of esters is 2. The third-order valence-electron chi connectivity index (χ3n) is 0.944. The van der Waals surface area contributed by atoms with E-state index in [1.165, 1.54) is 0 Å². The van der Waals surface area contributed by atoms with Gasteiger partial charge in [-0.25, -0.2) is 0 Å². The molecule has 0 aliphatic heterocycles. The van der Waals surface area contributed by atoms with Gasteiger partial charge in [0.1, 0.15) is 0 Å². The van der Waals surface area contributed by atoms with Crippen LogP contribution >= 0.6 is 8.25 Å². The molecule has 0 rings (SSSR count). The van der Waals surface area contributed by atoms with Crippen LogP contribution in [0.4, 0.5) is 0 Å². The minimum absolute atomic E-state index is 0. The van der Waals surface area contributed by atoms with E-state index in [0.29, 0.717) is 13.2 Å². The van der Waals surface area contributed by atoms with Crippen molar-refractivity contribution in [3.63, 3.8) is 0 Å². The predicted molar refractivity (Wildman–Crippen MR) is 59.0 cm³/mol. The van der Waals surface area contributed by atoms with Crippen molar-refractivity contribution < 1.29 is 92.5 Å². The van der Waals surface area contributed by atoms with Crippen LogP contribution in [-0.2, 0) is 23.6 Å². The number of hydrogen-bond donors (Lipinski definition) is 2. The van der Waals surface area contributed by atoms with Gasteiger partial charge < -0.3 is 30.7 Å². The van der Waals surface area contributed by atoms with Gasteiger partial charge in [0.2, 0.25) is 0 Å². The zero-order valence-electron chi connectivity index (χ0n) is 12.3. The first kappa shape index (κ1) is 32.7. The molecule has 0 aromatic carbocycles. The molecule has 0 amide bonds. The van der Waals surface area contributed by atoms with Gasteiger partial charge in [0.05, 0.1) is 26.3 Å². The summed E-state index contributed by atoms with van der Waals surface area (Å²) in [5, 5.41) is 0. The molecule has 0 fully saturated rings.